The maximum atomic E-state index is 4.83. The van der Waals surface area contributed by atoms with E-state index in [0.717, 1.165) is 24.1 Å². The number of likely N-dealkylation sites (tertiary alicyclic amines) is 1. The van der Waals surface area contributed by atoms with Gasteiger partial charge < -0.3 is 9.84 Å². The topological polar surface area (TPSA) is 41.3 Å². The number of hydrogen-bond acceptors (Lipinski definition) is 4. The Bertz CT molecular complexity index is 292. The second-order valence-corrected chi connectivity index (χ2v) is 4.36. The van der Waals surface area contributed by atoms with Gasteiger partial charge >= 0.3 is 0 Å². The molecule has 0 unspecified atom stereocenters. The van der Waals surface area contributed by atoms with Crippen LogP contribution in [0.1, 0.15) is 5.69 Å². The Labute approximate surface area is 95.4 Å². The van der Waals surface area contributed by atoms with Crippen LogP contribution >= 0.6 is 12.4 Å². The van der Waals surface area contributed by atoms with Crippen LogP contribution in [0, 0.1) is 11.8 Å². The summed E-state index contributed by atoms with van der Waals surface area (Å²) in [6, 6.07) is 1.95. The van der Waals surface area contributed by atoms with Gasteiger partial charge in [0.15, 0.2) is 0 Å². The predicted octanol–water partition coefficient (Wildman–Crippen LogP) is 0.748. The maximum Gasteiger partial charge on any atom is 0.124 e. The largest absolute Gasteiger partial charge is 0.364 e. The van der Waals surface area contributed by atoms with Gasteiger partial charge in [0.1, 0.15) is 6.26 Å². The smallest absolute Gasteiger partial charge is 0.124 e. The lowest BCUT2D eigenvalue weighted by molar-refractivity contribution is 0.292. The standard InChI is InChI=1S/C10H15N3O.ClH/c1-2-14-12-10(1)7-13-5-8-3-11-4-9(8)6-13;/h1-2,8-9,11H,3-7H2;1H/t8-,9+;. The van der Waals surface area contributed by atoms with E-state index in [9.17, 15) is 0 Å². The lowest BCUT2D eigenvalue weighted by atomic mass is 10.0. The van der Waals surface area contributed by atoms with Crippen LogP contribution in [-0.2, 0) is 6.54 Å². The van der Waals surface area contributed by atoms with Crippen LogP contribution < -0.4 is 5.32 Å². The fourth-order valence-electron chi connectivity index (χ4n) is 2.63. The number of halogens is 1. The summed E-state index contributed by atoms with van der Waals surface area (Å²) in [5.41, 5.74) is 1.05. The third kappa shape index (κ3) is 2.17. The Morgan fingerprint density at radius 3 is 2.73 bits per heavy atom. The summed E-state index contributed by atoms with van der Waals surface area (Å²) in [5.74, 6) is 1.73. The first-order valence-electron chi connectivity index (χ1n) is 5.24. The van der Waals surface area contributed by atoms with Gasteiger partial charge in [0.25, 0.3) is 0 Å². The summed E-state index contributed by atoms with van der Waals surface area (Å²) in [6.07, 6.45) is 1.65. The van der Waals surface area contributed by atoms with Crippen LogP contribution in [-0.4, -0.2) is 36.2 Å². The van der Waals surface area contributed by atoms with Crippen LogP contribution in [0.25, 0.3) is 0 Å². The molecule has 0 spiro atoms. The summed E-state index contributed by atoms with van der Waals surface area (Å²) in [6.45, 7) is 5.76. The van der Waals surface area contributed by atoms with Crippen molar-refractivity contribution >= 4 is 12.4 Å². The molecule has 0 radical (unpaired) electrons. The van der Waals surface area contributed by atoms with Crippen molar-refractivity contribution in [1.82, 2.24) is 15.4 Å². The lowest BCUT2D eigenvalue weighted by Gasteiger charge is -2.14. The quantitative estimate of drug-likeness (QED) is 0.813. The molecule has 0 bridgehead atoms. The molecule has 0 saturated carbocycles. The van der Waals surface area contributed by atoms with Gasteiger partial charge in [-0.15, -0.1) is 12.4 Å². The van der Waals surface area contributed by atoms with E-state index in [-0.39, 0.29) is 12.4 Å². The van der Waals surface area contributed by atoms with Crippen molar-refractivity contribution in [2.45, 2.75) is 6.54 Å². The fourth-order valence-corrected chi connectivity index (χ4v) is 2.63. The van der Waals surface area contributed by atoms with Crippen molar-refractivity contribution < 1.29 is 4.52 Å². The highest BCUT2D eigenvalue weighted by Crippen LogP contribution is 2.26. The van der Waals surface area contributed by atoms with E-state index in [1.54, 1.807) is 6.26 Å². The molecule has 2 saturated heterocycles. The summed E-state index contributed by atoms with van der Waals surface area (Å²) in [5, 5.41) is 7.38. The maximum absolute atomic E-state index is 4.83. The van der Waals surface area contributed by atoms with Crippen molar-refractivity contribution in [2.75, 3.05) is 26.2 Å². The van der Waals surface area contributed by atoms with Crippen LogP contribution in [0.2, 0.25) is 0 Å². The van der Waals surface area contributed by atoms with E-state index >= 15 is 0 Å². The van der Waals surface area contributed by atoms with E-state index in [0.29, 0.717) is 0 Å². The van der Waals surface area contributed by atoms with E-state index in [1.165, 1.54) is 26.2 Å². The third-order valence-electron chi connectivity index (χ3n) is 3.34. The average molecular weight is 230 g/mol. The molecule has 2 atom stereocenters. The summed E-state index contributed by atoms with van der Waals surface area (Å²) in [4.78, 5) is 2.48. The zero-order chi connectivity index (χ0) is 9.38. The molecule has 3 heterocycles. The van der Waals surface area contributed by atoms with Gasteiger partial charge in [-0.2, -0.15) is 0 Å². The molecule has 0 aliphatic carbocycles. The summed E-state index contributed by atoms with van der Waals surface area (Å²) in [7, 11) is 0. The number of fused-ring (bicyclic) bond motifs is 1. The Kier molecular flexibility index (Phi) is 3.29. The zero-order valence-electron chi connectivity index (χ0n) is 8.56. The Hall–Kier alpha value is -0.580. The van der Waals surface area contributed by atoms with Crippen LogP contribution in [0.4, 0.5) is 0 Å². The van der Waals surface area contributed by atoms with Gasteiger partial charge in [0, 0.05) is 25.7 Å². The number of nitrogens with zero attached hydrogens (tertiary/aromatic N) is 2. The zero-order valence-corrected chi connectivity index (χ0v) is 9.37. The number of rotatable bonds is 2. The highest BCUT2D eigenvalue weighted by molar-refractivity contribution is 5.85. The molecule has 2 aliphatic rings. The molecular formula is C10H16ClN3O. The molecule has 2 fully saturated rings. The minimum Gasteiger partial charge on any atom is -0.364 e. The van der Waals surface area contributed by atoms with Gasteiger partial charge in [0.2, 0.25) is 0 Å². The molecule has 2 aliphatic heterocycles. The van der Waals surface area contributed by atoms with Crippen molar-refractivity contribution in [2.24, 2.45) is 11.8 Å². The molecule has 84 valence electrons. The summed E-state index contributed by atoms with van der Waals surface area (Å²) >= 11 is 0. The summed E-state index contributed by atoms with van der Waals surface area (Å²) < 4.78 is 4.83. The van der Waals surface area contributed by atoms with E-state index in [1.807, 2.05) is 6.07 Å². The van der Waals surface area contributed by atoms with Crippen LogP contribution in [0.15, 0.2) is 16.9 Å². The molecule has 15 heavy (non-hydrogen) atoms. The highest BCUT2D eigenvalue weighted by Gasteiger charge is 2.35. The second kappa shape index (κ2) is 4.51. The molecular weight excluding hydrogens is 214 g/mol. The molecule has 0 aromatic carbocycles. The van der Waals surface area contributed by atoms with Crippen LogP contribution in [0.5, 0.6) is 0 Å². The number of hydrogen-bond donors (Lipinski definition) is 1. The minimum absolute atomic E-state index is 0. The van der Waals surface area contributed by atoms with Gasteiger partial charge in [-0.1, -0.05) is 5.16 Å². The van der Waals surface area contributed by atoms with E-state index in [2.05, 4.69) is 15.4 Å². The first-order valence-corrected chi connectivity index (χ1v) is 5.24. The lowest BCUT2D eigenvalue weighted by Crippen LogP contribution is -2.25. The van der Waals surface area contributed by atoms with Crippen molar-refractivity contribution in [3.05, 3.63) is 18.0 Å². The SMILES string of the molecule is Cl.c1cc(CN2C[C@H]3CNC[C@H]3C2)no1. The fraction of sp³-hybridized carbons (Fsp3) is 0.700. The van der Waals surface area contributed by atoms with Crippen molar-refractivity contribution in [3.63, 3.8) is 0 Å². The van der Waals surface area contributed by atoms with Gasteiger partial charge in [-0.3, -0.25) is 4.90 Å². The minimum atomic E-state index is 0. The Morgan fingerprint density at radius 1 is 1.40 bits per heavy atom. The Balaban J connectivity index is 0.000000853. The van der Waals surface area contributed by atoms with Gasteiger partial charge in [-0.05, 0) is 24.9 Å². The monoisotopic (exact) mass is 229 g/mol. The molecule has 0 amide bonds. The van der Waals surface area contributed by atoms with Gasteiger partial charge in [-0.25, -0.2) is 0 Å². The van der Waals surface area contributed by atoms with E-state index < -0.39 is 0 Å². The molecule has 1 aromatic rings. The van der Waals surface area contributed by atoms with Gasteiger partial charge in [0.05, 0.1) is 5.69 Å². The highest BCUT2D eigenvalue weighted by atomic mass is 35.5. The predicted molar refractivity (Wildman–Crippen MR) is 58.9 cm³/mol. The van der Waals surface area contributed by atoms with Crippen molar-refractivity contribution in [1.29, 1.82) is 0 Å². The molecule has 3 rings (SSSR count). The van der Waals surface area contributed by atoms with E-state index in [4.69, 9.17) is 4.52 Å². The first-order chi connectivity index (χ1) is 6.92. The number of aromatic nitrogens is 1. The second-order valence-electron chi connectivity index (χ2n) is 4.36. The third-order valence-corrected chi connectivity index (χ3v) is 3.34. The Morgan fingerprint density at radius 2 is 2.13 bits per heavy atom. The molecule has 5 heteroatoms. The molecule has 1 N–H and O–H groups in total. The average Bonchev–Trinajstić information content (AvgIpc) is 2.78. The molecule has 1 aromatic heterocycles. The number of nitrogens with one attached hydrogen (secondary N) is 1. The first kappa shape index (κ1) is 10.9. The normalized spacial score (nSPS) is 30.1. The van der Waals surface area contributed by atoms with Crippen molar-refractivity contribution in [3.8, 4) is 0 Å². The van der Waals surface area contributed by atoms with Crippen LogP contribution in [0.3, 0.4) is 0 Å². The molecule has 4 nitrogen and oxygen atoms in total.